The molecule has 0 spiro atoms. The van der Waals surface area contributed by atoms with E-state index in [1.165, 1.54) is 0 Å². The van der Waals surface area contributed by atoms with E-state index >= 15 is 0 Å². The van der Waals surface area contributed by atoms with Crippen LogP contribution >= 0.6 is 39.1 Å². The maximum atomic E-state index is 9.77. The molecule has 0 radical (unpaired) electrons. The zero-order valence-corrected chi connectivity index (χ0v) is 10.8. The van der Waals surface area contributed by atoms with E-state index in [1.807, 2.05) is 6.92 Å². The molecule has 0 saturated heterocycles. The Kier molecular flexibility index (Phi) is 4.07. The van der Waals surface area contributed by atoms with Gasteiger partial charge in [-0.2, -0.15) is 0 Å². The Morgan fingerprint density at radius 2 is 2.07 bits per heavy atom. The molecule has 0 bridgehead atoms. The van der Waals surface area contributed by atoms with E-state index in [-0.39, 0.29) is 11.8 Å². The van der Waals surface area contributed by atoms with E-state index in [9.17, 15) is 5.11 Å². The standard InChI is InChI=1S/C9H10BrCl2NO/c1-4(13-2)5-3-6(11)8(12)7(10)9(5)14/h3-4,13-14H,1-2H3/t4-/m1/s1. The Balaban J connectivity index is 3.33. The Bertz CT molecular complexity index is 357. The summed E-state index contributed by atoms with van der Waals surface area (Å²) < 4.78 is 0.434. The highest BCUT2D eigenvalue weighted by Gasteiger charge is 2.16. The van der Waals surface area contributed by atoms with Crippen LogP contribution in [0.1, 0.15) is 18.5 Å². The fourth-order valence-electron chi connectivity index (χ4n) is 1.09. The third-order valence-electron chi connectivity index (χ3n) is 2.07. The molecule has 1 atom stereocenters. The van der Waals surface area contributed by atoms with Crippen molar-refractivity contribution < 1.29 is 5.11 Å². The van der Waals surface area contributed by atoms with E-state index in [4.69, 9.17) is 23.2 Å². The molecule has 5 heteroatoms. The summed E-state index contributed by atoms with van der Waals surface area (Å²) in [6.45, 7) is 1.92. The molecule has 0 aliphatic heterocycles. The van der Waals surface area contributed by atoms with Gasteiger partial charge >= 0.3 is 0 Å². The lowest BCUT2D eigenvalue weighted by Gasteiger charge is -2.15. The van der Waals surface area contributed by atoms with E-state index < -0.39 is 0 Å². The number of aromatic hydroxyl groups is 1. The van der Waals surface area contributed by atoms with Crippen LogP contribution in [0.5, 0.6) is 5.75 Å². The highest BCUT2D eigenvalue weighted by Crippen LogP contribution is 2.41. The molecule has 1 aromatic carbocycles. The first-order valence-corrected chi connectivity index (χ1v) is 5.57. The maximum absolute atomic E-state index is 9.77. The molecule has 0 aliphatic rings. The molecule has 0 unspecified atom stereocenters. The summed E-state index contributed by atoms with van der Waals surface area (Å²) in [5.74, 6) is 0.126. The first kappa shape index (κ1) is 12.1. The highest BCUT2D eigenvalue weighted by atomic mass is 79.9. The number of halogens is 3. The second-order valence-electron chi connectivity index (χ2n) is 2.93. The number of hydrogen-bond donors (Lipinski definition) is 2. The summed E-state index contributed by atoms with van der Waals surface area (Å²) in [7, 11) is 1.81. The van der Waals surface area contributed by atoms with Crippen LogP contribution in [0.25, 0.3) is 0 Å². The van der Waals surface area contributed by atoms with Gasteiger partial charge in [-0.1, -0.05) is 23.2 Å². The van der Waals surface area contributed by atoms with Crippen molar-refractivity contribution in [1.29, 1.82) is 0 Å². The average Bonchev–Trinajstić information content (AvgIpc) is 2.19. The fourth-order valence-corrected chi connectivity index (χ4v) is 2.00. The minimum Gasteiger partial charge on any atom is -0.506 e. The normalized spacial score (nSPS) is 12.9. The van der Waals surface area contributed by atoms with Crippen LogP contribution in [0.3, 0.4) is 0 Å². The molecule has 14 heavy (non-hydrogen) atoms. The van der Waals surface area contributed by atoms with Crippen LogP contribution in [0, 0.1) is 0 Å². The molecular weight excluding hydrogens is 289 g/mol. The van der Waals surface area contributed by atoms with Crippen molar-refractivity contribution in [3.05, 3.63) is 26.1 Å². The van der Waals surface area contributed by atoms with Gasteiger partial charge in [-0.15, -0.1) is 0 Å². The predicted molar refractivity (Wildman–Crippen MR) is 63.3 cm³/mol. The summed E-state index contributed by atoms with van der Waals surface area (Å²) in [5.41, 5.74) is 0.716. The Labute approximate surface area is 101 Å². The van der Waals surface area contributed by atoms with Crippen molar-refractivity contribution in [3.63, 3.8) is 0 Å². The molecular formula is C9H10BrCl2NO. The second-order valence-corrected chi connectivity index (χ2v) is 4.51. The van der Waals surface area contributed by atoms with E-state index in [1.54, 1.807) is 13.1 Å². The quantitative estimate of drug-likeness (QED) is 0.815. The van der Waals surface area contributed by atoms with Crippen molar-refractivity contribution in [2.24, 2.45) is 0 Å². The van der Waals surface area contributed by atoms with Crippen LogP contribution < -0.4 is 5.32 Å². The van der Waals surface area contributed by atoms with Gasteiger partial charge in [0, 0.05) is 11.6 Å². The van der Waals surface area contributed by atoms with Crippen molar-refractivity contribution in [1.82, 2.24) is 5.32 Å². The Morgan fingerprint density at radius 3 is 2.57 bits per heavy atom. The van der Waals surface area contributed by atoms with Crippen LogP contribution in [0.4, 0.5) is 0 Å². The number of nitrogens with one attached hydrogen (secondary N) is 1. The fraction of sp³-hybridized carbons (Fsp3) is 0.333. The van der Waals surface area contributed by atoms with Gasteiger partial charge in [0.1, 0.15) is 5.75 Å². The molecule has 1 rings (SSSR count). The zero-order valence-electron chi connectivity index (χ0n) is 7.74. The number of hydrogen-bond acceptors (Lipinski definition) is 2. The molecule has 1 aromatic rings. The van der Waals surface area contributed by atoms with Crippen molar-refractivity contribution in [3.8, 4) is 5.75 Å². The molecule has 0 heterocycles. The van der Waals surface area contributed by atoms with Gasteiger partial charge in [0.05, 0.1) is 14.5 Å². The lowest BCUT2D eigenvalue weighted by molar-refractivity contribution is 0.454. The molecule has 2 N–H and O–H groups in total. The lowest BCUT2D eigenvalue weighted by Crippen LogP contribution is -2.12. The third-order valence-corrected chi connectivity index (χ3v) is 3.85. The monoisotopic (exact) mass is 297 g/mol. The summed E-state index contributed by atoms with van der Waals surface area (Å²) >= 11 is 14.9. The van der Waals surface area contributed by atoms with Crippen molar-refractivity contribution in [2.75, 3.05) is 7.05 Å². The van der Waals surface area contributed by atoms with Crippen LogP contribution in [-0.2, 0) is 0 Å². The minimum atomic E-state index is 0.0149. The Hall–Kier alpha value is 0.0400. The largest absolute Gasteiger partial charge is 0.506 e. The van der Waals surface area contributed by atoms with E-state index in [0.29, 0.717) is 20.1 Å². The van der Waals surface area contributed by atoms with E-state index in [2.05, 4.69) is 21.2 Å². The minimum absolute atomic E-state index is 0.0149. The van der Waals surface area contributed by atoms with Crippen molar-refractivity contribution in [2.45, 2.75) is 13.0 Å². The van der Waals surface area contributed by atoms with Crippen LogP contribution in [-0.4, -0.2) is 12.2 Å². The Morgan fingerprint density at radius 1 is 1.50 bits per heavy atom. The predicted octanol–water partition coefficient (Wildman–Crippen LogP) is 3.74. The summed E-state index contributed by atoms with van der Waals surface area (Å²) in [6.07, 6.45) is 0. The van der Waals surface area contributed by atoms with Crippen LogP contribution in [0.2, 0.25) is 10.0 Å². The van der Waals surface area contributed by atoms with Gasteiger partial charge in [0.25, 0.3) is 0 Å². The molecule has 0 fully saturated rings. The summed E-state index contributed by atoms with van der Waals surface area (Å²) in [4.78, 5) is 0. The van der Waals surface area contributed by atoms with Crippen LogP contribution in [0.15, 0.2) is 10.5 Å². The van der Waals surface area contributed by atoms with Crippen molar-refractivity contribution >= 4 is 39.1 Å². The van der Waals surface area contributed by atoms with Gasteiger partial charge in [0.2, 0.25) is 0 Å². The summed E-state index contributed by atoms with van der Waals surface area (Å²) in [6, 6.07) is 1.67. The smallest absolute Gasteiger partial charge is 0.136 e. The SMILES string of the molecule is CN[C@H](C)c1cc(Cl)c(Cl)c(Br)c1O. The molecule has 78 valence electrons. The van der Waals surface area contributed by atoms with Gasteiger partial charge in [-0.05, 0) is 36.0 Å². The molecule has 0 aliphatic carbocycles. The van der Waals surface area contributed by atoms with Gasteiger partial charge in [0.15, 0.2) is 0 Å². The molecule has 0 saturated carbocycles. The number of phenols is 1. The molecule has 0 aromatic heterocycles. The lowest BCUT2D eigenvalue weighted by atomic mass is 10.1. The number of rotatable bonds is 2. The first-order chi connectivity index (χ1) is 6.49. The third kappa shape index (κ3) is 2.16. The number of benzene rings is 1. The topological polar surface area (TPSA) is 32.3 Å². The van der Waals surface area contributed by atoms with Gasteiger partial charge in [-0.3, -0.25) is 0 Å². The summed E-state index contributed by atoms with van der Waals surface area (Å²) in [5, 5.41) is 13.5. The van der Waals surface area contributed by atoms with E-state index in [0.717, 1.165) is 0 Å². The molecule has 0 amide bonds. The zero-order chi connectivity index (χ0) is 10.9. The molecule has 2 nitrogen and oxygen atoms in total. The first-order valence-electron chi connectivity index (χ1n) is 4.02. The average molecular weight is 299 g/mol. The second kappa shape index (κ2) is 4.71. The number of phenolic OH excluding ortho intramolecular Hbond substituents is 1. The highest BCUT2D eigenvalue weighted by molar-refractivity contribution is 9.10. The van der Waals surface area contributed by atoms with Gasteiger partial charge in [-0.25, -0.2) is 0 Å². The van der Waals surface area contributed by atoms with Gasteiger partial charge < -0.3 is 10.4 Å². The maximum Gasteiger partial charge on any atom is 0.136 e.